The van der Waals surface area contributed by atoms with Crippen LogP contribution in [0, 0.1) is 0 Å². The monoisotopic (exact) mass is 98.1 g/mol. The quantitative estimate of drug-likeness (QED) is 0.330. The molecule has 6 heavy (non-hydrogen) atoms. The van der Waals surface area contributed by atoms with E-state index >= 15 is 0 Å². The molecular weight excluding hydrogens is 84.5 g/mol. The molecule has 0 spiro atoms. The van der Waals surface area contributed by atoms with Crippen molar-refractivity contribution in [1.29, 1.82) is 0 Å². The molecule has 0 aromatic heterocycles. The van der Waals surface area contributed by atoms with E-state index in [1.165, 1.54) is 20.6 Å². The highest BCUT2D eigenvalue weighted by Gasteiger charge is 1.75. The van der Waals surface area contributed by atoms with Gasteiger partial charge < -0.3 is 0 Å². The second kappa shape index (κ2) is 9.05. The predicted molar refractivity (Wildman–Crippen MR) is 44.7 cm³/mol. The molecule has 0 unspecified atom stereocenters. The minimum Gasteiger partial charge on any atom is -0.0881 e. The zero-order valence-corrected chi connectivity index (χ0v) is 4.12. The third-order valence-corrected chi connectivity index (χ3v) is 0.707. The molecule has 0 radical (unpaired) electrons. The van der Waals surface area contributed by atoms with Crippen molar-refractivity contribution in [3.05, 3.63) is 0 Å². The Morgan fingerprint density at radius 1 is 1.67 bits per heavy atom. The molecule has 0 saturated carbocycles. The van der Waals surface area contributed by atoms with E-state index < -0.39 is 0 Å². The van der Waals surface area contributed by atoms with Gasteiger partial charge in [-0.25, -0.2) is 0 Å². The maximum atomic E-state index is 2.21. The largest absolute Gasteiger partial charge is 0.0881 e. The Balaban J connectivity index is 0. The van der Waals surface area contributed by atoms with Crippen molar-refractivity contribution in [3.63, 3.8) is 0 Å². The Morgan fingerprint density at radius 2 is 2.17 bits per heavy atom. The lowest BCUT2D eigenvalue weighted by molar-refractivity contribution is 1.47. The molecule has 0 rings (SSSR count). The standard InChI is InChI=1S/C2H9B3.H4Si/c1-2-4-5-3;/h4-5H,2-3H2,1H3;1H4. The summed E-state index contributed by atoms with van der Waals surface area (Å²) in [4.78, 5) is 0. The Bertz CT molecular complexity index is 16.3. The summed E-state index contributed by atoms with van der Waals surface area (Å²) in [5, 5.41) is 0. The van der Waals surface area contributed by atoms with Gasteiger partial charge in [-0.2, -0.15) is 0 Å². The average molecular weight is 97.6 g/mol. The van der Waals surface area contributed by atoms with E-state index in [9.17, 15) is 0 Å². The van der Waals surface area contributed by atoms with E-state index in [-0.39, 0.29) is 11.0 Å². The Labute approximate surface area is 47.0 Å². The van der Waals surface area contributed by atoms with Gasteiger partial charge in [0.05, 0.1) is 22.0 Å². The Morgan fingerprint density at radius 3 is 2.17 bits per heavy atom. The first-order chi connectivity index (χ1) is 2.41. The van der Waals surface area contributed by atoms with Gasteiger partial charge in [-0.1, -0.05) is 13.2 Å². The zero-order chi connectivity index (χ0) is 4.12. The molecule has 0 heterocycles. The topological polar surface area (TPSA) is 0 Å². The van der Waals surface area contributed by atoms with Gasteiger partial charge in [0.1, 0.15) is 0 Å². The summed E-state index contributed by atoms with van der Waals surface area (Å²) in [6.45, 7) is 2.21. The molecule has 0 atom stereocenters. The molecule has 0 bridgehead atoms. The van der Waals surface area contributed by atoms with Crippen LogP contribution in [0.2, 0.25) is 6.32 Å². The molecule has 0 aromatic carbocycles. The van der Waals surface area contributed by atoms with Crippen molar-refractivity contribution < 1.29 is 0 Å². The van der Waals surface area contributed by atoms with Crippen molar-refractivity contribution in [2.24, 2.45) is 0 Å². The fourth-order valence-electron chi connectivity index (χ4n) is 0.354. The maximum absolute atomic E-state index is 2.21. The molecule has 0 aliphatic carbocycles. The second-order valence-electron chi connectivity index (χ2n) is 1.35. The first-order valence-corrected chi connectivity index (χ1v) is 2.41. The summed E-state index contributed by atoms with van der Waals surface area (Å²) in [7, 11) is 4.94. The van der Waals surface area contributed by atoms with E-state index in [0.29, 0.717) is 0 Å². The van der Waals surface area contributed by atoms with Gasteiger partial charge in [0.15, 0.2) is 0 Å². The van der Waals surface area contributed by atoms with Crippen LogP contribution in [0.1, 0.15) is 6.92 Å². The molecule has 4 heteroatoms. The molecule has 0 aromatic rings. The molecule has 0 saturated heterocycles. The van der Waals surface area contributed by atoms with Gasteiger partial charge in [-0.05, 0) is 11.0 Å². The minimum atomic E-state index is 0. The minimum absolute atomic E-state index is 0. The lowest BCUT2D eigenvalue weighted by Crippen LogP contribution is -1.98. The summed E-state index contributed by atoms with van der Waals surface area (Å²) >= 11 is 0. The molecule has 0 fully saturated rings. The highest BCUT2D eigenvalue weighted by atomic mass is 28.1. The van der Waals surface area contributed by atoms with Crippen LogP contribution >= 0.6 is 0 Å². The molecule has 0 nitrogen and oxygen atoms in total. The first kappa shape index (κ1) is 9.65. The van der Waals surface area contributed by atoms with Crippen molar-refractivity contribution in [3.8, 4) is 0 Å². The van der Waals surface area contributed by atoms with Gasteiger partial charge in [0.2, 0.25) is 0 Å². The lowest BCUT2D eigenvalue weighted by atomic mass is 9.27. The van der Waals surface area contributed by atoms with Crippen LogP contribution in [0.25, 0.3) is 0 Å². The molecule has 0 aliphatic heterocycles. The van der Waals surface area contributed by atoms with Gasteiger partial charge >= 0.3 is 0 Å². The maximum Gasteiger partial charge on any atom is 0.0776 e. The normalized spacial score (nSPS) is 5.50. The zero-order valence-electron chi connectivity index (χ0n) is 4.12. The van der Waals surface area contributed by atoms with Crippen LogP contribution in [0.3, 0.4) is 0 Å². The molecule has 0 aliphatic rings. The van der Waals surface area contributed by atoms with Crippen LogP contribution in [-0.2, 0) is 0 Å². The van der Waals surface area contributed by atoms with Gasteiger partial charge in [0, 0.05) is 0 Å². The second-order valence-corrected chi connectivity index (χ2v) is 1.35. The van der Waals surface area contributed by atoms with Crippen molar-refractivity contribution in [1.82, 2.24) is 0 Å². The molecule has 0 N–H and O–H groups in total. The van der Waals surface area contributed by atoms with Crippen molar-refractivity contribution >= 4 is 32.9 Å². The lowest BCUT2D eigenvalue weighted by Gasteiger charge is -1.72. The SMILES string of the molecule is BBBCC.[SiH4]. The number of hydrogen-bond acceptors (Lipinski definition) is 0. The van der Waals surface area contributed by atoms with E-state index in [1.807, 2.05) is 0 Å². The number of rotatable bonds is 2. The van der Waals surface area contributed by atoms with Crippen LogP contribution in [0.4, 0.5) is 0 Å². The van der Waals surface area contributed by atoms with E-state index in [1.54, 1.807) is 0 Å². The van der Waals surface area contributed by atoms with Crippen LogP contribution in [0.15, 0.2) is 0 Å². The summed E-state index contributed by atoms with van der Waals surface area (Å²) < 4.78 is 0. The first-order valence-electron chi connectivity index (χ1n) is 2.41. The summed E-state index contributed by atoms with van der Waals surface area (Å²) in [5.74, 6) is 0. The average Bonchev–Trinajstić information content (AvgIpc) is 1.41. The van der Waals surface area contributed by atoms with Gasteiger partial charge in [-0.15, -0.1) is 0 Å². The van der Waals surface area contributed by atoms with E-state index in [2.05, 4.69) is 14.7 Å². The van der Waals surface area contributed by atoms with E-state index in [4.69, 9.17) is 0 Å². The molecule has 0 amide bonds. The molecule has 34 valence electrons. The highest BCUT2D eigenvalue weighted by Crippen LogP contribution is 1.63. The smallest absolute Gasteiger partial charge is 0.0776 e. The number of hydrogen-bond donors (Lipinski definition) is 0. The summed E-state index contributed by atoms with van der Waals surface area (Å²) in [6, 6.07) is 0. The van der Waals surface area contributed by atoms with Crippen molar-refractivity contribution in [2.45, 2.75) is 13.2 Å². The van der Waals surface area contributed by atoms with Gasteiger partial charge in [0.25, 0.3) is 0 Å². The Kier molecular flexibility index (Phi) is 14.6. The van der Waals surface area contributed by atoms with Gasteiger partial charge in [-0.3, -0.25) is 0 Å². The third kappa shape index (κ3) is 8.83. The highest BCUT2D eigenvalue weighted by molar-refractivity contribution is 7.23. The molecular formula is C2H13B3Si. The predicted octanol–water partition coefficient (Wildman–Crippen LogP) is -2.69. The fourth-order valence-corrected chi connectivity index (χ4v) is 0.354. The fraction of sp³-hybridized carbons (Fsp3) is 1.00. The Hall–Kier alpha value is 0.412. The van der Waals surface area contributed by atoms with Crippen LogP contribution in [-0.4, -0.2) is 32.9 Å². The van der Waals surface area contributed by atoms with Crippen molar-refractivity contribution in [2.75, 3.05) is 0 Å². The summed E-state index contributed by atoms with van der Waals surface area (Å²) in [5.41, 5.74) is 0. The summed E-state index contributed by atoms with van der Waals surface area (Å²) in [6.07, 6.45) is 1.34. The van der Waals surface area contributed by atoms with E-state index in [0.717, 1.165) is 0 Å². The van der Waals surface area contributed by atoms with Crippen LogP contribution < -0.4 is 0 Å². The third-order valence-electron chi connectivity index (χ3n) is 0.707. The van der Waals surface area contributed by atoms with Crippen LogP contribution in [0.5, 0.6) is 0 Å².